The van der Waals surface area contributed by atoms with Crippen LogP contribution in [-0.2, 0) is 9.68 Å². The Bertz CT molecular complexity index is 147. The molecule has 6 heteroatoms. The Morgan fingerprint density at radius 2 is 2.00 bits per heavy atom. The molecule has 3 N–H and O–H groups in total. The van der Waals surface area contributed by atoms with Crippen molar-refractivity contribution in [3.63, 3.8) is 0 Å². The van der Waals surface area contributed by atoms with Crippen LogP contribution in [0.1, 0.15) is 6.92 Å². The summed E-state index contributed by atoms with van der Waals surface area (Å²) in [5.41, 5.74) is 0. The predicted octanol–water partition coefficient (Wildman–Crippen LogP) is -1.04. The lowest BCUT2D eigenvalue weighted by Gasteiger charge is -2.38. The maximum atomic E-state index is 11.8. The number of hydrogen-bond donors (Lipinski definition) is 3. The molecule has 1 heterocycles. The minimum absolute atomic E-state index is 0.356. The van der Waals surface area contributed by atoms with Gasteiger partial charge in [-0.05, 0) is 4.53 Å². The Morgan fingerprint density at radius 3 is 2.46 bits per heavy atom. The Morgan fingerprint density at radius 1 is 1.38 bits per heavy atom. The molecule has 0 aliphatic carbocycles. The van der Waals surface area contributed by atoms with Gasteiger partial charge in [-0.3, -0.25) is 0 Å². The number of ether oxygens (including phenoxy) is 1. The number of aliphatic hydroxyl groups is 3. The highest BCUT2D eigenvalue weighted by molar-refractivity contribution is 4.85. The molecule has 0 amide bonds. The van der Waals surface area contributed by atoms with Crippen LogP contribution in [0.3, 0.4) is 0 Å². The summed E-state index contributed by atoms with van der Waals surface area (Å²) in [6.07, 6.45) is -4.84. The quantitative estimate of drug-likeness (QED) is 0.526. The molecule has 1 aliphatic rings. The third-order valence-corrected chi connectivity index (χ3v) is 2.33. The number of halogens is 1. The smallest absolute Gasteiger partial charge is 0.225 e. The Kier molecular flexibility index (Phi) is 3.57. The summed E-state index contributed by atoms with van der Waals surface area (Å²) in [7, 11) is 0. The lowest BCUT2D eigenvalue weighted by molar-refractivity contribution is -0.355. The van der Waals surface area contributed by atoms with Gasteiger partial charge >= 0.3 is 0 Å². The summed E-state index contributed by atoms with van der Waals surface area (Å²) >= 11 is 0. The van der Waals surface area contributed by atoms with Crippen LogP contribution in [0.4, 0.5) is 4.53 Å². The maximum absolute atomic E-state index is 11.8. The Labute approximate surface area is 74.6 Å². The van der Waals surface area contributed by atoms with E-state index in [-0.39, 0.29) is 6.61 Å². The number of aliphatic hydroxyl groups excluding tert-OH is 3. The van der Waals surface area contributed by atoms with E-state index in [1.165, 1.54) is 0 Å². The van der Waals surface area contributed by atoms with Gasteiger partial charge in [0.25, 0.3) is 0 Å². The van der Waals surface area contributed by atoms with Crippen LogP contribution < -0.4 is 0 Å². The largest absolute Gasteiger partial charge is 0.394 e. The van der Waals surface area contributed by atoms with Crippen molar-refractivity contribution in [3.05, 3.63) is 0 Å². The molecule has 1 aliphatic heterocycles. The minimum atomic E-state index is -1.52. The molecule has 0 saturated carbocycles. The first-order valence-electron chi connectivity index (χ1n) is 4.01. The van der Waals surface area contributed by atoms with E-state index in [2.05, 4.69) is 4.94 Å². The molecule has 78 valence electrons. The van der Waals surface area contributed by atoms with Crippen LogP contribution in [0.5, 0.6) is 0 Å². The van der Waals surface area contributed by atoms with Gasteiger partial charge in [-0.15, -0.1) is 0 Å². The fourth-order valence-electron chi connectivity index (χ4n) is 1.35. The highest BCUT2D eigenvalue weighted by Gasteiger charge is 2.43. The van der Waals surface area contributed by atoms with Crippen molar-refractivity contribution >= 4 is 0 Å². The lowest BCUT2D eigenvalue weighted by atomic mass is 9.91. The summed E-state index contributed by atoms with van der Waals surface area (Å²) in [4.78, 5) is 3.31. The fourth-order valence-corrected chi connectivity index (χ4v) is 1.35. The van der Waals surface area contributed by atoms with Crippen LogP contribution in [-0.4, -0.2) is 46.5 Å². The molecule has 5 unspecified atom stereocenters. The highest BCUT2D eigenvalue weighted by atomic mass is 19.3. The zero-order chi connectivity index (χ0) is 10.0. The van der Waals surface area contributed by atoms with Gasteiger partial charge in [-0.1, -0.05) is 6.92 Å². The molecule has 0 aromatic rings. The second-order valence-electron chi connectivity index (χ2n) is 3.15. The zero-order valence-electron chi connectivity index (χ0n) is 7.13. The molecule has 0 bridgehead atoms. The van der Waals surface area contributed by atoms with Gasteiger partial charge in [-0.25, -0.2) is 0 Å². The molecule has 0 aromatic heterocycles. The fraction of sp³-hybridized carbons (Fsp3) is 1.00. The third kappa shape index (κ3) is 1.97. The second-order valence-corrected chi connectivity index (χ2v) is 3.15. The van der Waals surface area contributed by atoms with Crippen molar-refractivity contribution in [2.75, 3.05) is 6.61 Å². The van der Waals surface area contributed by atoms with Crippen molar-refractivity contribution in [1.29, 1.82) is 0 Å². The number of hydrogen-bond acceptors (Lipinski definition) is 5. The van der Waals surface area contributed by atoms with Crippen LogP contribution in [0.2, 0.25) is 0 Å². The molecule has 1 saturated heterocycles. The van der Waals surface area contributed by atoms with Gasteiger partial charge in [-0.2, -0.15) is 4.94 Å². The molecular formula is C7H13FO5. The molecule has 1 fully saturated rings. The highest BCUT2D eigenvalue weighted by Crippen LogP contribution is 2.26. The molecule has 0 spiro atoms. The third-order valence-electron chi connectivity index (χ3n) is 2.33. The van der Waals surface area contributed by atoms with Crippen LogP contribution in [0, 0.1) is 5.92 Å². The van der Waals surface area contributed by atoms with E-state index in [0.717, 1.165) is 0 Å². The van der Waals surface area contributed by atoms with Gasteiger partial charge in [0.15, 0.2) is 0 Å². The van der Waals surface area contributed by atoms with Crippen molar-refractivity contribution in [2.24, 2.45) is 5.92 Å². The van der Waals surface area contributed by atoms with E-state index in [9.17, 15) is 14.7 Å². The Balaban J connectivity index is 2.66. The van der Waals surface area contributed by atoms with Gasteiger partial charge in [0.1, 0.15) is 6.10 Å². The molecular weight excluding hydrogens is 183 g/mol. The topological polar surface area (TPSA) is 79.2 Å². The van der Waals surface area contributed by atoms with Crippen molar-refractivity contribution in [3.8, 4) is 0 Å². The molecule has 0 aromatic carbocycles. The van der Waals surface area contributed by atoms with Gasteiger partial charge in [0, 0.05) is 5.92 Å². The number of rotatable bonds is 2. The molecule has 0 radical (unpaired) electrons. The van der Waals surface area contributed by atoms with E-state index in [4.69, 9.17) is 9.84 Å². The summed E-state index contributed by atoms with van der Waals surface area (Å²) in [5, 5.41) is 27.3. The van der Waals surface area contributed by atoms with E-state index in [1.807, 2.05) is 0 Å². The maximum Gasteiger partial charge on any atom is 0.225 e. The van der Waals surface area contributed by atoms with Gasteiger partial charge < -0.3 is 20.1 Å². The van der Waals surface area contributed by atoms with E-state index in [0.29, 0.717) is 0 Å². The van der Waals surface area contributed by atoms with Crippen molar-refractivity contribution < 1.29 is 29.5 Å². The van der Waals surface area contributed by atoms with Crippen molar-refractivity contribution in [1.82, 2.24) is 0 Å². The van der Waals surface area contributed by atoms with E-state index < -0.39 is 30.5 Å². The summed E-state index contributed by atoms with van der Waals surface area (Å²) in [5.74, 6) is -0.466. The monoisotopic (exact) mass is 196 g/mol. The molecule has 1 rings (SSSR count). The second kappa shape index (κ2) is 4.30. The van der Waals surface area contributed by atoms with Crippen LogP contribution in [0.15, 0.2) is 0 Å². The SMILES string of the molecule is CC1C(CO)OC(OF)C(O)C1O. The standard InChI is InChI=1S/C7H13FO5/c1-3-4(2-9)12-7(13-8)6(11)5(3)10/h3-7,9-11H,2H2,1H3. The summed E-state index contributed by atoms with van der Waals surface area (Å²) in [6, 6.07) is 0. The average Bonchev–Trinajstić information content (AvgIpc) is 2.15. The van der Waals surface area contributed by atoms with Gasteiger partial charge in [0.2, 0.25) is 6.29 Å². The normalized spacial score (nSPS) is 46.4. The van der Waals surface area contributed by atoms with Crippen LogP contribution >= 0.6 is 0 Å². The van der Waals surface area contributed by atoms with Crippen LogP contribution in [0.25, 0.3) is 0 Å². The first kappa shape index (κ1) is 10.8. The molecule has 13 heavy (non-hydrogen) atoms. The predicted molar refractivity (Wildman–Crippen MR) is 39.1 cm³/mol. The summed E-state index contributed by atoms with van der Waals surface area (Å²) < 4.78 is 16.6. The average molecular weight is 196 g/mol. The first-order chi connectivity index (χ1) is 6.11. The minimum Gasteiger partial charge on any atom is -0.394 e. The summed E-state index contributed by atoms with van der Waals surface area (Å²) in [6.45, 7) is 1.23. The van der Waals surface area contributed by atoms with E-state index in [1.54, 1.807) is 6.92 Å². The molecule has 5 nitrogen and oxygen atoms in total. The first-order valence-corrected chi connectivity index (χ1v) is 4.01. The lowest BCUT2D eigenvalue weighted by Crippen LogP contribution is -2.54. The van der Waals surface area contributed by atoms with Gasteiger partial charge in [0.05, 0.1) is 18.8 Å². The van der Waals surface area contributed by atoms with Crippen molar-refractivity contribution in [2.45, 2.75) is 31.5 Å². The Hall–Kier alpha value is -0.270. The molecule has 5 atom stereocenters. The van der Waals surface area contributed by atoms with E-state index >= 15 is 0 Å². The zero-order valence-corrected chi connectivity index (χ0v) is 7.13.